The summed E-state index contributed by atoms with van der Waals surface area (Å²) in [7, 11) is 2.00. The molecule has 3 aromatic rings. The Morgan fingerprint density at radius 2 is 1.65 bits per heavy atom. The van der Waals surface area contributed by atoms with Gasteiger partial charge in [-0.2, -0.15) is 5.10 Å². The highest BCUT2D eigenvalue weighted by atomic mass is 35.5. The number of benzene rings is 1. The summed E-state index contributed by atoms with van der Waals surface area (Å²) < 4.78 is 16.8. The number of hydrogen-bond donors (Lipinski definition) is 3. The number of unbranched alkanes of at least 4 members (excludes halogenated alkanes) is 4. The summed E-state index contributed by atoms with van der Waals surface area (Å²) in [5, 5.41) is 14.8. The molecule has 5 heterocycles. The molecule has 0 radical (unpaired) electrons. The fourth-order valence-electron chi connectivity index (χ4n) is 9.53. The lowest BCUT2D eigenvalue weighted by Crippen LogP contribution is -2.52. The van der Waals surface area contributed by atoms with E-state index in [9.17, 15) is 18.8 Å². The number of anilines is 1. The lowest BCUT2D eigenvalue weighted by Gasteiger charge is -2.33. The molecule has 306 valence electrons. The molecule has 12 nitrogen and oxygen atoms in total. The number of hydrogen-bond acceptors (Lipinski definition) is 9. The first-order valence-electron chi connectivity index (χ1n) is 21.4. The molecule has 0 unspecified atom stereocenters. The summed E-state index contributed by atoms with van der Waals surface area (Å²) in [5.41, 5.74) is 5.10. The molecule has 5 aliphatic rings. The van der Waals surface area contributed by atoms with Gasteiger partial charge in [0, 0.05) is 48.9 Å². The topological polar surface area (TPSA) is 137 Å². The van der Waals surface area contributed by atoms with E-state index in [-0.39, 0.29) is 24.2 Å². The first-order chi connectivity index (χ1) is 27.7. The minimum absolute atomic E-state index is 0.187. The molecule has 1 aromatic carbocycles. The number of likely N-dealkylation sites (tertiary alicyclic amines) is 1. The number of fused-ring (bicyclic) bond motifs is 1. The third-order valence-corrected chi connectivity index (χ3v) is 13.3. The van der Waals surface area contributed by atoms with Crippen molar-refractivity contribution in [3.63, 3.8) is 0 Å². The van der Waals surface area contributed by atoms with Gasteiger partial charge in [-0.15, -0.1) is 0 Å². The van der Waals surface area contributed by atoms with Gasteiger partial charge in [-0.05, 0) is 138 Å². The van der Waals surface area contributed by atoms with Gasteiger partial charge in [-0.3, -0.25) is 24.4 Å². The van der Waals surface area contributed by atoms with Crippen molar-refractivity contribution in [2.45, 2.75) is 133 Å². The van der Waals surface area contributed by atoms with Crippen LogP contribution in [-0.4, -0.2) is 91.6 Å². The second kappa shape index (κ2) is 17.9. The number of aryl methyl sites for hydroxylation is 1. The van der Waals surface area contributed by atoms with E-state index in [1.165, 1.54) is 61.6 Å². The van der Waals surface area contributed by atoms with Crippen LogP contribution in [0, 0.1) is 11.7 Å². The summed E-state index contributed by atoms with van der Waals surface area (Å²) in [6, 6.07) is 3.13. The predicted octanol–water partition coefficient (Wildman–Crippen LogP) is 6.53. The van der Waals surface area contributed by atoms with E-state index in [1.54, 1.807) is 12.3 Å². The van der Waals surface area contributed by atoms with Crippen LogP contribution in [0.1, 0.15) is 129 Å². The standard InChI is InChI=1S/C43H57ClFN9O3/c1-52-38(21-27-7-8-27)34(24-48-52)40-36(44)25-47-43(51-40)49-31-11-9-30(10-12-31)46-17-5-3-2-4-6-18-53-19-15-28(16-20-53)32-22-29(45)23-33-35(32)26-54(42(33)57)37-13-14-39(55)50-41(37)56/h22-25,27-28,30-31,37,46H,2-21,26H2,1H3,(H,47,49,51)(H,50,55,56)/t30-,31-,37-/m0/s1. The van der Waals surface area contributed by atoms with Crippen LogP contribution < -0.4 is 16.0 Å². The smallest absolute Gasteiger partial charge is 0.255 e. The SMILES string of the molecule is Cn1ncc(-c2nc(N[C@H]3CC[C@H](NCCCCCCCN4CCC(c5cc(F)cc6c5CN([C@H]5CCC(=O)NC5=O)C6=O)CC4)CC3)ncc2Cl)c1CC1CC1. The summed E-state index contributed by atoms with van der Waals surface area (Å²) in [6.07, 6.45) is 20.1. The van der Waals surface area contributed by atoms with Crippen LogP contribution >= 0.6 is 11.6 Å². The van der Waals surface area contributed by atoms with Gasteiger partial charge in [0.2, 0.25) is 17.8 Å². The summed E-state index contributed by atoms with van der Waals surface area (Å²) in [5.74, 6) is 0.0973. The zero-order valence-corrected chi connectivity index (χ0v) is 34.0. The number of nitrogens with zero attached hydrogens (tertiary/aromatic N) is 6. The number of carbonyl (C=O) groups excluding carboxylic acids is 3. The third-order valence-electron chi connectivity index (χ3n) is 13.1. The van der Waals surface area contributed by atoms with Gasteiger partial charge < -0.3 is 20.4 Å². The Hall–Kier alpha value is -3.94. The van der Waals surface area contributed by atoms with Crippen molar-refractivity contribution in [1.82, 2.24) is 40.2 Å². The van der Waals surface area contributed by atoms with E-state index in [2.05, 4.69) is 30.9 Å². The normalized spacial score (nSPS) is 23.2. The maximum Gasteiger partial charge on any atom is 0.255 e. The molecule has 0 spiro atoms. The minimum Gasteiger partial charge on any atom is -0.351 e. The summed E-state index contributed by atoms with van der Waals surface area (Å²) in [4.78, 5) is 50.9. The molecule has 3 N–H and O–H groups in total. The van der Waals surface area contributed by atoms with Crippen LogP contribution in [0.2, 0.25) is 5.02 Å². The Balaban J connectivity index is 0.693. The van der Waals surface area contributed by atoms with Crippen LogP contribution in [0.5, 0.6) is 0 Å². The molecule has 14 heteroatoms. The molecule has 2 saturated carbocycles. The van der Waals surface area contributed by atoms with Crippen molar-refractivity contribution < 1.29 is 18.8 Å². The van der Waals surface area contributed by atoms with E-state index in [0.29, 0.717) is 41.6 Å². The fourth-order valence-corrected chi connectivity index (χ4v) is 9.72. The van der Waals surface area contributed by atoms with Crippen LogP contribution in [0.15, 0.2) is 24.5 Å². The lowest BCUT2D eigenvalue weighted by molar-refractivity contribution is -0.136. The predicted molar refractivity (Wildman–Crippen MR) is 217 cm³/mol. The second-order valence-electron chi connectivity index (χ2n) is 17.1. The van der Waals surface area contributed by atoms with Crippen molar-refractivity contribution in [2.75, 3.05) is 31.5 Å². The van der Waals surface area contributed by atoms with Gasteiger partial charge >= 0.3 is 0 Å². The van der Waals surface area contributed by atoms with E-state index < -0.39 is 17.8 Å². The Bertz CT molecular complexity index is 1940. The van der Waals surface area contributed by atoms with Crippen LogP contribution in [0.25, 0.3) is 11.3 Å². The van der Waals surface area contributed by atoms with Gasteiger partial charge in [0.25, 0.3) is 5.91 Å². The third kappa shape index (κ3) is 9.52. The van der Waals surface area contributed by atoms with E-state index in [4.69, 9.17) is 16.6 Å². The van der Waals surface area contributed by atoms with Crippen molar-refractivity contribution in [2.24, 2.45) is 13.0 Å². The number of imide groups is 1. The number of nitrogens with one attached hydrogen (secondary N) is 3. The number of aromatic nitrogens is 4. The number of carbonyl (C=O) groups is 3. The molecular weight excluding hydrogens is 745 g/mol. The minimum atomic E-state index is -0.693. The first kappa shape index (κ1) is 39.9. The molecule has 2 aromatic heterocycles. The van der Waals surface area contributed by atoms with Crippen molar-refractivity contribution in [3.05, 3.63) is 57.8 Å². The Labute approximate surface area is 340 Å². The number of amides is 3. The van der Waals surface area contributed by atoms with E-state index in [1.807, 2.05) is 17.9 Å². The lowest BCUT2D eigenvalue weighted by atomic mass is 9.85. The van der Waals surface area contributed by atoms with E-state index in [0.717, 1.165) is 99.4 Å². The van der Waals surface area contributed by atoms with Crippen molar-refractivity contribution in [3.8, 4) is 11.3 Å². The molecule has 3 aliphatic heterocycles. The summed E-state index contributed by atoms with van der Waals surface area (Å²) >= 11 is 6.59. The van der Waals surface area contributed by atoms with Crippen LogP contribution in [0.3, 0.4) is 0 Å². The molecule has 57 heavy (non-hydrogen) atoms. The number of piperidine rings is 2. The molecular formula is C43H57ClFN9O3. The van der Waals surface area contributed by atoms with E-state index >= 15 is 0 Å². The number of rotatable bonds is 16. The van der Waals surface area contributed by atoms with Crippen molar-refractivity contribution in [1.29, 1.82) is 0 Å². The monoisotopic (exact) mass is 801 g/mol. The second-order valence-corrected chi connectivity index (χ2v) is 17.5. The Morgan fingerprint density at radius 1 is 0.895 bits per heavy atom. The molecule has 0 bridgehead atoms. The molecule has 2 saturated heterocycles. The number of halogens is 2. The zero-order valence-electron chi connectivity index (χ0n) is 33.2. The molecule has 3 amide bonds. The van der Waals surface area contributed by atoms with Crippen LogP contribution in [0.4, 0.5) is 10.3 Å². The average Bonchev–Trinajstić information content (AvgIpc) is 3.88. The highest BCUT2D eigenvalue weighted by molar-refractivity contribution is 6.33. The highest BCUT2D eigenvalue weighted by Gasteiger charge is 2.41. The van der Waals surface area contributed by atoms with Gasteiger partial charge in [-0.1, -0.05) is 30.9 Å². The maximum absolute atomic E-state index is 14.8. The van der Waals surface area contributed by atoms with Gasteiger partial charge in [-0.25, -0.2) is 14.4 Å². The average molecular weight is 802 g/mol. The summed E-state index contributed by atoms with van der Waals surface area (Å²) in [6.45, 7) is 4.36. The Kier molecular flexibility index (Phi) is 12.5. The van der Waals surface area contributed by atoms with Gasteiger partial charge in [0.15, 0.2) is 0 Å². The fraction of sp³-hybridized carbons (Fsp3) is 0.628. The zero-order chi connectivity index (χ0) is 39.5. The molecule has 4 fully saturated rings. The molecule has 1 atom stereocenters. The van der Waals surface area contributed by atoms with Crippen LogP contribution in [-0.2, 0) is 29.6 Å². The first-order valence-corrected chi connectivity index (χ1v) is 21.8. The quantitative estimate of drug-likeness (QED) is 0.109. The molecule has 2 aliphatic carbocycles. The molecule has 8 rings (SSSR count). The maximum atomic E-state index is 14.8. The largest absolute Gasteiger partial charge is 0.351 e. The van der Waals surface area contributed by atoms with Gasteiger partial charge in [0.05, 0.1) is 23.1 Å². The highest BCUT2D eigenvalue weighted by Crippen LogP contribution is 2.39. The Morgan fingerprint density at radius 3 is 2.42 bits per heavy atom. The van der Waals surface area contributed by atoms with Gasteiger partial charge in [0.1, 0.15) is 11.9 Å². The van der Waals surface area contributed by atoms with Crippen molar-refractivity contribution >= 4 is 35.3 Å².